The average Bonchev–Trinajstić information content (AvgIpc) is 3.10. The number of hydrogen-bond acceptors (Lipinski definition) is 4. The van der Waals surface area contributed by atoms with Crippen LogP contribution < -0.4 is 0 Å². The van der Waals surface area contributed by atoms with Crippen molar-refractivity contribution in [2.75, 3.05) is 13.1 Å². The van der Waals surface area contributed by atoms with E-state index in [4.69, 9.17) is 5.26 Å². The Hall–Kier alpha value is -0.220. The second kappa shape index (κ2) is 6.29. The predicted octanol–water partition coefficient (Wildman–Crippen LogP) is 3.83. The first-order valence-corrected chi connectivity index (χ1v) is 8.11. The molecule has 1 aliphatic rings. The van der Waals surface area contributed by atoms with Gasteiger partial charge in [-0.2, -0.15) is 5.26 Å². The standard InChI is InChI=1S/C12H12Br2N2OS/c13-11-6-9(12(14)18-11)10(17)7-16(5-1-4-15)8-2-3-8/h6,8H,1-3,5,7H2. The summed E-state index contributed by atoms with van der Waals surface area (Å²) in [5.74, 6) is 0.119. The highest BCUT2D eigenvalue weighted by Crippen LogP contribution is 2.33. The summed E-state index contributed by atoms with van der Waals surface area (Å²) in [5, 5.41) is 8.64. The molecule has 1 heterocycles. The van der Waals surface area contributed by atoms with Gasteiger partial charge in [-0.3, -0.25) is 9.69 Å². The summed E-state index contributed by atoms with van der Waals surface area (Å²) in [6.45, 7) is 1.10. The molecule has 0 atom stereocenters. The van der Waals surface area contributed by atoms with Crippen LogP contribution >= 0.6 is 43.2 Å². The van der Waals surface area contributed by atoms with E-state index in [0.717, 1.165) is 26.0 Å². The van der Waals surface area contributed by atoms with Crippen molar-refractivity contribution in [1.82, 2.24) is 4.90 Å². The molecule has 18 heavy (non-hydrogen) atoms. The third kappa shape index (κ3) is 3.64. The Morgan fingerprint density at radius 3 is 2.78 bits per heavy atom. The van der Waals surface area contributed by atoms with Gasteiger partial charge in [0.05, 0.1) is 20.2 Å². The molecule has 1 aliphatic carbocycles. The van der Waals surface area contributed by atoms with Crippen molar-refractivity contribution in [3.63, 3.8) is 0 Å². The molecule has 1 saturated carbocycles. The van der Waals surface area contributed by atoms with Gasteiger partial charge in [0.15, 0.2) is 5.78 Å². The molecule has 0 bridgehead atoms. The number of halogens is 2. The number of carbonyl (C=O) groups excluding carboxylic acids is 1. The molecule has 96 valence electrons. The summed E-state index contributed by atoms with van der Waals surface area (Å²) in [4.78, 5) is 14.3. The van der Waals surface area contributed by atoms with E-state index < -0.39 is 0 Å². The van der Waals surface area contributed by atoms with Crippen molar-refractivity contribution < 1.29 is 4.79 Å². The highest BCUT2D eigenvalue weighted by molar-refractivity contribution is 9.12. The van der Waals surface area contributed by atoms with Crippen molar-refractivity contribution in [2.45, 2.75) is 25.3 Å². The van der Waals surface area contributed by atoms with Crippen LogP contribution in [0.3, 0.4) is 0 Å². The van der Waals surface area contributed by atoms with Crippen LogP contribution in [-0.4, -0.2) is 29.8 Å². The SMILES string of the molecule is N#CCCN(CC(=O)c1cc(Br)sc1Br)C1CC1. The lowest BCUT2D eigenvalue weighted by atomic mass is 10.2. The van der Waals surface area contributed by atoms with Crippen molar-refractivity contribution in [2.24, 2.45) is 0 Å². The molecular weight excluding hydrogens is 380 g/mol. The quantitative estimate of drug-likeness (QED) is 0.692. The zero-order chi connectivity index (χ0) is 13.1. The predicted molar refractivity (Wildman–Crippen MR) is 78.9 cm³/mol. The summed E-state index contributed by atoms with van der Waals surface area (Å²) >= 11 is 8.30. The van der Waals surface area contributed by atoms with Crippen LogP contribution in [0.4, 0.5) is 0 Å². The molecule has 0 radical (unpaired) electrons. The first-order chi connectivity index (χ1) is 8.61. The Morgan fingerprint density at radius 2 is 2.28 bits per heavy atom. The van der Waals surface area contributed by atoms with E-state index >= 15 is 0 Å². The van der Waals surface area contributed by atoms with Crippen LogP contribution in [0.25, 0.3) is 0 Å². The molecule has 6 heteroatoms. The molecule has 1 aromatic rings. The first-order valence-electron chi connectivity index (χ1n) is 5.71. The zero-order valence-corrected chi connectivity index (χ0v) is 13.6. The van der Waals surface area contributed by atoms with Gasteiger partial charge < -0.3 is 0 Å². The number of nitrogens with zero attached hydrogens (tertiary/aromatic N) is 2. The highest BCUT2D eigenvalue weighted by Gasteiger charge is 2.30. The maximum Gasteiger partial charge on any atom is 0.178 e. The summed E-state index contributed by atoms with van der Waals surface area (Å²) in [6.07, 6.45) is 2.78. The molecule has 1 aromatic heterocycles. The fraction of sp³-hybridized carbons (Fsp3) is 0.500. The molecule has 1 fully saturated rings. The van der Waals surface area contributed by atoms with E-state index in [-0.39, 0.29) is 5.78 Å². The van der Waals surface area contributed by atoms with Gasteiger partial charge in [0.1, 0.15) is 0 Å². The van der Waals surface area contributed by atoms with Gasteiger partial charge in [0.2, 0.25) is 0 Å². The number of nitriles is 1. The lowest BCUT2D eigenvalue weighted by molar-refractivity contribution is 0.0926. The molecule has 0 amide bonds. The Kier molecular flexibility index (Phi) is 4.96. The van der Waals surface area contributed by atoms with Crippen molar-refractivity contribution in [3.8, 4) is 6.07 Å². The van der Waals surface area contributed by atoms with Crippen LogP contribution in [0.5, 0.6) is 0 Å². The van der Waals surface area contributed by atoms with E-state index in [2.05, 4.69) is 42.8 Å². The normalized spacial score (nSPS) is 14.8. The Bertz CT molecular complexity index is 491. The topological polar surface area (TPSA) is 44.1 Å². The van der Waals surface area contributed by atoms with Gasteiger partial charge in [-0.25, -0.2) is 0 Å². The molecule has 0 aliphatic heterocycles. The Labute approximate surface area is 127 Å². The molecule has 0 aromatic carbocycles. The van der Waals surface area contributed by atoms with Gasteiger partial charge in [0, 0.05) is 24.6 Å². The minimum Gasteiger partial charge on any atom is -0.293 e. The number of Topliss-reactive ketones (excluding diaryl/α,β-unsaturated/α-hetero) is 1. The van der Waals surface area contributed by atoms with Gasteiger partial charge in [-0.15, -0.1) is 11.3 Å². The minimum atomic E-state index is 0.119. The molecule has 0 unspecified atom stereocenters. The van der Waals surface area contributed by atoms with Gasteiger partial charge in [-0.1, -0.05) is 0 Å². The second-order valence-electron chi connectivity index (χ2n) is 4.27. The van der Waals surface area contributed by atoms with Crippen molar-refractivity contribution in [1.29, 1.82) is 5.26 Å². The molecular formula is C12H12Br2N2OS. The fourth-order valence-electron chi connectivity index (χ4n) is 1.82. The number of thiophene rings is 1. The maximum absolute atomic E-state index is 12.2. The van der Waals surface area contributed by atoms with Gasteiger partial charge in [0.25, 0.3) is 0 Å². The first kappa shape index (κ1) is 14.2. The third-order valence-corrected chi connectivity index (χ3v) is 5.22. The number of hydrogen-bond donors (Lipinski definition) is 0. The summed E-state index contributed by atoms with van der Waals surface area (Å²) in [7, 11) is 0. The minimum absolute atomic E-state index is 0.119. The number of ketones is 1. The van der Waals surface area contributed by atoms with Gasteiger partial charge in [-0.05, 0) is 50.8 Å². The lowest BCUT2D eigenvalue weighted by Gasteiger charge is -2.19. The van der Waals surface area contributed by atoms with E-state index in [0.29, 0.717) is 25.6 Å². The monoisotopic (exact) mass is 390 g/mol. The number of rotatable bonds is 6. The smallest absolute Gasteiger partial charge is 0.178 e. The summed E-state index contributed by atoms with van der Waals surface area (Å²) in [5.41, 5.74) is 0.731. The zero-order valence-electron chi connectivity index (χ0n) is 9.66. The van der Waals surface area contributed by atoms with E-state index in [1.54, 1.807) is 0 Å². The number of carbonyl (C=O) groups is 1. The van der Waals surface area contributed by atoms with E-state index in [1.807, 2.05) is 6.07 Å². The maximum atomic E-state index is 12.2. The highest BCUT2D eigenvalue weighted by atomic mass is 79.9. The molecule has 2 rings (SSSR count). The molecule has 0 spiro atoms. The summed E-state index contributed by atoms with van der Waals surface area (Å²) < 4.78 is 1.82. The average molecular weight is 392 g/mol. The third-order valence-electron chi connectivity index (χ3n) is 2.88. The van der Waals surface area contributed by atoms with Gasteiger partial charge >= 0.3 is 0 Å². The van der Waals surface area contributed by atoms with Crippen LogP contribution in [0.2, 0.25) is 0 Å². The van der Waals surface area contributed by atoms with Crippen LogP contribution in [-0.2, 0) is 0 Å². The molecule has 0 N–H and O–H groups in total. The van der Waals surface area contributed by atoms with Crippen LogP contribution in [0, 0.1) is 11.3 Å². The fourth-order valence-corrected chi connectivity index (χ4v) is 4.68. The lowest BCUT2D eigenvalue weighted by Crippen LogP contribution is -2.32. The summed E-state index contributed by atoms with van der Waals surface area (Å²) in [6, 6.07) is 4.50. The van der Waals surface area contributed by atoms with Crippen LogP contribution in [0.1, 0.15) is 29.6 Å². The van der Waals surface area contributed by atoms with E-state index in [9.17, 15) is 4.79 Å². The Balaban J connectivity index is 2.00. The van der Waals surface area contributed by atoms with Crippen LogP contribution in [0.15, 0.2) is 13.6 Å². The second-order valence-corrected chi connectivity index (χ2v) is 8.02. The Morgan fingerprint density at radius 1 is 1.56 bits per heavy atom. The largest absolute Gasteiger partial charge is 0.293 e. The molecule has 0 saturated heterocycles. The van der Waals surface area contributed by atoms with Crippen molar-refractivity contribution >= 4 is 49.0 Å². The molecule has 3 nitrogen and oxygen atoms in total. The van der Waals surface area contributed by atoms with E-state index in [1.165, 1.54) is 11.3 Å². The van der Waals surface area contributed by atoms with Crippen molar-refractivity contribution in [3.05, 3.63) is 19.2 Å².